The number of carbonyl (C=O) groups excluding carboxylic acids is 3. The van der Waals surface area contributed by atoms with E-state index >= 15 is 0 Å². The number of hydrogen-bond acceptors (Lipinski definition) is 7. The summed E-state index contributed by atoms with van der Waals surface area (Å²) in [6, 6.07) is 9.97. The Morgan fingerprint density at radius 1 is 0.860 bits per heavy atom. The number of likely N-dealkylation sites (tertiary alicyclic amines) is 1. The first kappa shape index (κ1) is 30.1. The van der Waals surface area contributed by atoms with Crippen LogP contribution < -0.4 is 5.32 Å². The van der Waals surface area contributed by atoms with Gasteiger partial charge in [-0.3, -0.25) is 39.5 Å². The van der Waals surface area contributed by atoms with Crippen LogP contribution in [0.15, 0.2) is 55.1 Å². The van der Waals surface area contributed by atoms with E-state index in [0.717, 1.165) is 74.3 Å². The van der Waals surface area contributed by atoms with E-state index in [1.54, 1.807) is 0 Å². The molecular formula is C32H36N4O7. The maximum absolute atomic E-state index is 13.8. The molecule has 0 aromatic heterocycles. The molecule has 5 atom stereocenters. The summed E-state index contributed by atoms with van der Waals surface area (Å²) >= 11 is 0. The van der Waals surface area contributed by atoms with Crippen LogP contribution in [-0.4, -0.2) is 45.1 Å². The van der Waals surface area contributed by atoms with Crippen molar-refractivity contribution >= 4 is 29.1 Å². The van der Waals surface area contributed by atoms with Gasteiger partial charge in [0.25, 0.3) is 17.3 Å². The third kappa shape index (κ3) is 5.93. The topological polar surface area (TPSA) is 153 Å². The highest BCUT2D eigenvalue weighted by atomic mass is 16.6. The fourth-order valence-corrected chi connectivity index (χ4v) is 7.28. The first-order chi connectivity index (χ1) is 20.7. The minimum absolute atomic E-state index is 0.150. The van der Waals surface area contributed by atoms with Crippen molar-refractivity contribution in [2.24, 2.45) is 11.8 Å². The maximum Gasteiger partial charge on any atom is 0.277 e. The first-order valence-corrected chi connectivity index (χ1v) is 15.0. The van der Waals surface area contributed by atoms with Crippen molar-refractivity contribution in [1.82, 2.24) is 10.2 Å². The lowest BCUT2D eigenvalue weighted by molar-refractivity contribution is -0.394. The van der Waals surface area contributed by atoms with E-state index < -0.39 is 50.9 Å². The Hall–Kier alpha value is -4.41. The molecule has 2 aromatic carbocycles. The lowest BCUT2D eigenvalue weighted by Gasteiger charge is -2.49. The summed E-state index contributed by atoms with van der Waals surface area (Å²) in [6.45, 7) is 4.13. The van der Waals surface area contributed by atoms with Crippen molar-refractivity contribution in [3.8, 4) is 0 Å². The molecule has 1 aliphatic heterocycles. The van der Waals surface area contributed by atoms with Gasteiger partial charge in [0.1, 0.15) is 0 Å². The molecule has 3 amide bonds. The SMILES string of the molecule is C=CCCCCCCCCCN1C(=O)[C@@H]2[C@H](C1=O)[C@H]1C[C@@H](NC(=O)c3cc([N+](=O)[O-])cc([N+](=O)[O-])c3)[C@@H]2c2ccccc21. The highest BCUT2D eigenvalue weighted by molar-refractivity contribution is 6.07. The van der Waals surface area contributed by atoms with Gasteiger partial charge in [-0.15, -0.1) is 6.58 Å². The van der Waals surface area contributed by atoms with Gasteiger partial charge in [-0.05, 0) is 42.7 Å². The quantitative estimate of drug-likeness (QED) is 0.0963. The number of nitrogens with one attached hydrogen (secondary N) is 1. The van der Waals surface area contributed by atoms with Crippen LogP contribution in [0.5, 0.6) is 0 Å². The predicted octanol–water partition coefficient (Wildman–Crippen LogP) is 5.79. The normalized spacial score (nSPS) is 23.5. The lowest BCUT2D eigenvalue weighted by Crippen LogP contribution is -2.53. The molecule has 0 unspecified atom stereocenters. The lowest BCUT2D eigenvalue weighted by atomic mass is 9.55. The van der Waals surface area contributed by atoms with Gasteiger partial charge >= 0.3 is 0 Å². The molecule has 0 radical (unpaired) electrons. The molecule has 2 aromatic rings. The number of non-ortho nitro benzene ring substituents is 2. The van der Waals surface area contributed by atoms with Gasteiger partial charge < -0.3 is 5.32 Å². The van der Waals surface area contributed by atoms with E-state index in [2.05, 4.69) is 11.9 Å². The van der Waals surface area contributed by atoms with Gasteiger partial charge in [-0.2, -0.15) is 0 Å². The molecule has 2 fully saturated rings. The molecule has 0 spiro atoms. The average Bonchev–Trinajstić information content (AvgIpc) is 3.26. The van der Waals surface area contributed by atoms with E-state index in [1.807, 2.05) is 30.3 Å². The average molecular weight is 589 g/mol. The molecule has 2 bridgehead atoms. The molecule has 6 rings (SSSR count). The number of unbranched alkanes of at least 4 members (excludes halogenated alkanes) is 7. The van der Waals surface area contributed by atoms with Gasteiger partial charge in [-0.25, -0.2) is 0 Å². The second kappa shape index (κ2) is 12.8. The van der Waals surface area contributed by atoms with Crippen LogP contribution >= 0.6 is 0 Å². The number of benzene rings is 2. The number of allylic oxidation sites excluding steroid dienone is 1. The zero-order valence-electron chi connectivity index (χ0n) is 24.0. The molecule has 3 aliphatic carbocycles. The Balaban J connectivity index is 1.31. The highest BCUT2D eigenvalue weighted by Gasteiger charge is 2.62. The Bertz CT molecular complexity index is 1420. The van der Waals surface area contributed by atoms with E-state index in [4.69, 9.17) is 0 Å². The summed E-state index contributed by atoms with van der Waals surface area (Å²) in [5.74, 6) is -2.90. The van der Waals surface area contributed by atoms with Crippen LogP contribution in [-0.2, 0) is 9.59 Å². The van der Waals surface area contributed by atoms with Crippen molar-refractivity contribution in [2.75, 3.05) is 6.54 Å². The summed E-state index contributed by atoms with van der Waals surface area (Å²) in [5.41, 5.74) is 0.590. The molecule has 1 saturated heterocycles. The van der Waals surface area contributed by atoms with Crippen molar-refractivity contribution in [1.29, 1.82) is 0 Å². The molecule has 11 heteroatoms. The Morgan fingerprint density at radius 2 is 1.44 bits per heavy atom. The fourth-order valence-electron chi connectivity index (χ4n) is 7.28. The minimum Gasteiger partial charge on any atom is -0.349 e. The molecule has 43 heavy (non-hydrogen) atoms. The van der Waals surface area contributed by atoms with Gasteiger partial charge in [0.2, 0.25) is 11.8 Å². The molecule has 11 nitrogen and oxygen atoms in total. The van der Waals surface area contributed by atoms with Crippen LogP contribution in [0.1, 0.15) is 91.1 Å². The maximum atomic E-state index is 13.8. The van der Waals surface area contributed by atoms with E-state index in [-0.39, 0.29) is 23.3 Å². The summed E-state index contributed by atoms with van der Waals surface area (Å²) in [5, 5.41) is 25.6. The number of amides is 3. The summed E-state index contributed by atoms with van der Waals surface area (Å²) in [7, 11) is 0. The van der Waals surface area contributed by atoms with Crippen molar-refractivity contribution < 1.29 is 24.2 Å². The number of nitrogens with zero attached hydrogens (tertiary/aromatic N) is 3. The number of imide groups is 1. The van der Waals surface area contributed by atoms with Crippen LogP contribution in [0.4, 0.5) is 11.4 Å². The summed E-state index contributed by atoms with van der Waals surface area (Å²) in [6.07, 6.45) is 10.8. The number of carbonyl (C=O) groups is 3. The van der Waals surface area contributed by atoms with Crippen LogP contribution in [0, 0.1) is 32.1 Å². The zero-order chi connectivity index (χ0) is 30.7. The number of hydrogen-bond donors (Lipinski definition) is 1. The Labute approximate surface area is 249 Å². The second-order valence-corrected chi connectivity index (χ2v) is 11.8. The third-order valence-corrected chi connectivity index (χ3v) is 9.20. The number of rotatable bonds is 14. The molecule has 1 heterocycles. The number of fused-ring (bicyclic) bond motifs is 1. The molecule has 1 saturated carbocycles. The minimum atomic E-state index is -0.783. The largest absolute Gasteiger partial charge is 0.349 e. The molecular weight excluding hydrogens is 552 g/mol. The fraction of sp³-hybridized carbons (Fsp3) is 0.469. The summed E-state index contributed by atoms with van der Waals surface area (Å²) in [4.78, 5) is 63.3. The monoisotopic (exact) mass is 588 g/mol. The molecule has 226 valence electrons. The van der Waals surface area contributed by atoms with Crippen LogP contribution in [0.3, 0.4) is 0 Å². The molecule has 1 N–H and O–H groups in total. The van der Waals surface area contributed by atoms with E-state index in [1.165, 1.54) is 11.3 Å². The van der Waals surface area contributed by atoms with Crippen molar-refractivity contribution in [2.45, 2.75) is 75.7 Å². The first-order valence-electron chi connectivity index (χ1n) is 15.0. The Kier molecular flexibility index (Phi) is 8.98. The van der Waals surface area contributed by atoms with Gasteiger partial charge in [0.05, 0.1) is 33.3 Å². The smallest absolute Gasteiger partial charge is 0.277 e. The van der Waals surface area contributed by atoms with Crippen LogP contribution in [0.25, 0.3) is 0 Å². The van der Waals surface area contributed by atoms with Crippen molar-refractivity contribution in [3.63, 3.8) is 0 Å². The zero-order valence-corrected chi connectivity index (χ0v) is 24.0. The van der Waals surface area contributed by atoms with E-state index in [9.17, 15) is 34.6 Å². The predicted molar refractivity (Wildman–Crippen MR) is 158 cm³/mol. The van der Waals surface area contributed by atoms with Crippen LogP contribution in [0.2, 0.25) is 0 Å². The number of nitro groups is 2. The standard InChI is InChI=1S/C32H36N4O7/c1-2-3-4-5-6-7-8-9-12-15-34-31(38)28-25-19-26(27(29(28)32(34)39)24-14-11-10-13-23(24)25)33-30(37)20-16-21(35(40)41)18-22(17-20)36(42)43/h2,10-11,13-14,16-18,25-29H,1,3-9,12,15,19H2,(H,33,37)/t25-,26+,27-,28+,29-/m0/s1. The highest BCUT2D eigenvalue weighted by Crippen LogP contribution is 2.58. The van der Waals surface area contributed by atoms with Gasteiger partial charge in [0, 0.05) is 30.6 Å². The van der Waals surface area contributed by atoms with E-state index in [0.29, 0.717) is 13.0 Å². The third-order valence-electron chi connectivity index (χ3n) is 9.20. The summed E-state index contributed by atoms with van der Waals surface area (Å²) < 4.78 is 0. The second-order valence-electron chi connectivity index (χ2n) is 11.8. The van der Waals surface area contributed by atoms with Gasteiger partial charge in [0.15, 0.2) is 0 Å². The molecule has 4 aliphatic rings. The Morgan fingerprint density at radius 3 is 2.07 bits per heavy atom. The van der Waals surface area contributed by atoms with Gasteiger partial charge in [-0.1, -0.05) is 62.4 Å². The number of nitro benzene ring substituents is 2. The van der Waals surface area contributed by atoms with Crippen molar-refractivity contribution in [3.05, 3.63) is 92.0 Å².